The molecule has 2 aromatic rings. The molecule has 0 bridgehead atoms. The molecule has 1 saturated heterocycles. The number of anilines is 1. The van der Waals surface area contributed by atoms with Crippen LogP contribution < -0.4 is 11.1 Å². The first-order valence-corrected chi connectivity index (χ1v) is 16.3. The molecule has 0 radical (unpaired) electrons. The molecule has 0 spiro atoms. The second-order valence-corrected chi connectivity index (χ2v) is 12.3. The van der Waals surface area contributed by atoms with E-state index in [-0.39, 0.29) is 36.3 Å². The van der Waals surface area contributed by atoms with Gasteiger partial charge >= 0.3 is 5.97 Å². The molecule has 4 atom stereocenters. The van der Waals surface area contributed by atoms with Crippen LogP contribution in [0.4, 0.5) is 10.1 Å². The fourth-order valence-corrected chi connectivity index (χ4v) is 6.39. The van der Waals surface area contributed by atoms with Gasteiger partial charge in [-0.05, 0) is 75.4 Å². The molecule has 1 aliphatic carbocycles. The Morgan fingerprint density at radius 3 is 2.59 bits per heavy atom. The van der Waals surface area contributed by atoms with Gasteiger partial charge in [0.25, 0.3) is 0 Å². The van der Waals surface area contributed by atoms with Crippen LogP contribution in [0.15, 0.2) is 28.7 Å². The minimum absolute atomic E-state index is 0.0567. The molecule has 1 aromatic carbocycles. The Kier molecular flexibility index (Phi) is 15.3. The number of hydrogen-bond acceptors (Lipinski definition) is 8. The van der Waals surface area contributed by atoms with Crippen molar-refractivity contribution in [2.75, 3.05) is 45.9 Å². The smallest absolute Gasteiger partial charge is 0.374 e. The molecule has 2 aliphatic rings. The number of nitrogens with two attached hydrogens (primary N) is 1. The fourth-order valence-electron chi connectivity index (χ4n) is 6.39. The predicted octanol–water partition coefficient (Wildman–Crippen LogP) is 6.14. The van der Waals surface area contributed by atoms with Crippen LogP contribution in [-0.2, 0) is 19.1 Å². The molecular weight excluding hydrogens is 565 g/mol. The number of likely N-dealkylation sites (N-methyl/N-ethyl adjacent to an activating group) is 1. The highest BCUT2D eigenvalue weighted by molar-refractivity contribution is 5.98. The van der Waals surface area contributed by atoms with Gasteiger partial charge in [-0.15, -0.1) is 0 Å². The molecule has 4 unspecified atom stereocenters. The second-order valence-electron chi connectivity index (χ2n) is 12.3. The molecule has 246 valence electrons. The number of furan rings is 1. The minimum Gasteiger partial charge on any atom is -0.460 e. The van der Waals surface area contributed by atoms with Gasteiger partial charge in [0.2, 0.25) is 11.7 Å². The Morgan fingerprint density at radius 2 is 1.91 bits per heavy atom. The molecule has 2 heterocycles. The van der Waals surface area contributed by atoms with Gasteiger partial charge in [0.1, 0.15) is 18.5 Å². The van der Waals surface area contributed by atoms with Crippen molar-refractivity contribution in [3.8, 4) is 0 Å². The second kappa shape index (κ2) is 18.9. The largest absolute Gasteiger partial charge is 0.460 e. The topological polar surface area (TPSA) is 124 Å². The van der Waals surface area contributed by atoms with Crippen molar-refractivity contribution < 1.29 is 32.7 Å². The Balaban J connectivity index is 0.000000375. The highest BCUT2D eigenvalue weighted by Crippen LogP contribution is 2.38. The lowest BCUT2D eigenvalue weighted by Gasteiger charge is -2.32. The van der Waals surface area contributed by atoms with Crippen molar-refractivity contribution >= 4 is 34.8 Å². The van der Waals surface area contributed by atoms with E-state index in [0.29, 0.717) is 42.6 Å². The van der Waals surface area contributed by atoms with Crippen molar-refractivity contribution in [1.29, 1.82) is 0 Å². The van der Waals surface area contributed by atoms with Crippen LogP contribution in [-0.4, -0.2) is 75.7 Å². The van der Waals surface area contributed by atoms with E-state index < -0.39 is 12.6 Å². The van der Waals surface area contributed by atoms with Gasteiger partial charge in [0, 0.05) is 43.2 Å². The normalized spacial score (nSPS) is 20.5. The summed E-state index contributed by atoms with van der Waals surface area (Å²) in [5, 5.41) is 3.87. The fraction of sp³-hybridized carbons (Fsp3) is 0.676. The van der Waals surface area contributed by atoms with Crippen molar-refractivity contribution in [1.82, 2.24) is 4.90 Å². The van der Waals surface area contributed by atoms with Gasteiger partial charge in [0.05, 0.1) is 12.6 Å². The molecule has 4 rings (SSSR count). The summed E-state index contributed by atoms with van der Waals surface area (Å²) in [6.45, 7) is 3.30. The number of nitrogens with one attached hydrogen (secondary N) is 1. The molecular formula is C34H52FN3O6. The number of carbonyl (C=O) groups is 3. The number of rotatable bonds is 15. The lowest BCUT2D eigenvalue weighted by atomic mass is 9.76. The maximum absolute atomic E-state index is 13.2. The molecule has 1 amide bonds. The maximum atomic E-state index is 13.2. The third-order valence-corrected chi connectivity index (χ3v) is 9.00. The first kappa shape index (κ1) is 35.7. The van der Waals surface area contributed by atoms with Crippen molar-refractivity contribution in [3.63, 3.8) is 0 Å². The minimum atomic E-state index is -0.495. The molecule has 1 aliphatic heterocycles. The highest BCUT2D eigenvalue weighted by atomic mass is 19.1. The molecule has 2 fully saturated rings. The number of halogens is 1. The van der Waals surface area contributed by atoms with Gasteiger partial charge in [-0.1, -0.05) is 45.4 Å². The first-order valence-electron chi connectivity index (χ1n) is 16.3. The molecule has 44 heavy (non-hydrogen) atoms. The van der Waals surface area contributed by atoms with Crippen LogP contribution in [0.1, 0.15) is 88.1 Å². The van der Waals surface area contributed by atoms with Crippen molar-refractivity contribution in [3.05, 3.63) is 30.0 Å². The number of likely N-dealkylation sites (tertiary alicyclic amines) is 1. The number of amides is 1. The number of ether oxygens (including phenoxy) is 2. The molecule has 1 aromatic heterocycles. The van der Waals surface area contributed by atoms with Gasteiger partial charge in [-0.3, -0.25) is 9.69 Å². The van der Waals surface area contributed by atoms with E-state index in [2.05, 4.69) is 17.3 Å². The van der Waals surface area contributed by atoms with E-state index in [4.69, 9.17) is 19.6 Å². The van der Waals surface area contributed by atoms with Crippen LogP contribution in [0.2, 0.25) is 0 Å². The van der Waals surface area contributed by atoms with Gasteiger partial charge in [0.15, 0.2) is 0 Å². The molecule has 1 saturated carbocycles. The number of methoxy groups -OCH3 is 1. The number of fused-ring (bicyclic) bond motifs is 1. The zero-order valence-corrected chi connectivity index (χ0v) is 26.7. The summed E-state index contributed by atoms with van der Waals surface area (Å²) in [5.41, 5.74) is 6.68. The van der Waals surface area contributed by atoms with Crippen LogP contribution >= 0.6 is 0 Å². The zero-order chi connectivity index (χ0) is 31.9. The summed E-state index contributed by atoms with van der Waals surface area (Å²) < 4.78 is 27.7. The van der Waals surface area contributed by atoms with Crippen LogP contribution in [0.5, 0.6) is 0 Å². The van der Waals surface area contributed by atoms with E-state index in [1.807, 2.05) is 19.1 Å². The van der Waals surface area contributed by atoms with Gasteiger partial charge < -0.3 is 29.7 Å². The van der Waals surface area contributed by atoms with E-state index in [1.165, 1.54) is 32.1 Å². The predicted molar refractivity (Wildman–Crippen MR) is 170 cm³/mol. The Hall–Kier alpha value is -2.82. The quantitative estimate of drug-likeness (QED) is 0.139. The lowest BCUT2D eigenvalue weighted by molar-refractivity contribution is -0.121. The zero-order valence-electron chi connectivity index (χ0n) is 26.7. The third-order valence-electron chi connectivity index (χ3n) is 9.00. The maximum Gasteiger partial charge on any atom is 0.374 e. The molecule has 10 heteroatoms. The van der Waals surface area contributed by atoms with Gasteiger partial charge in [-0.2, -0.15) is 0 Å². The summed E-state index contributed by atoms with van der Waals surface area (Å²) in [6.07, 6.45) is 12.3. The average molecular weight is 618 g/mol. The summed E-state index contributed by atoms with van der Waals surface area (Å²) in [4.78, 5) is 38.0. The van der Waals surface area contributed by atoms with E-state index in [0.717, 1.165) is 43.9 Å². The summed E-state index contributed by atoms with van der Waals surface area (Å²) in [7, 11) is 3.66. The van der Waals surface area contributed by atoms with Crippen LogP contribution in [0, 0.1) is 17.8 Å². The number of nitrogens with zero attached hydrogens (tertiary/aromatic N) is 1. The third kappa shape index (κ3) is 10.7. The number of carbonyl (C=O) groups excluding carboxylic acids is 3. The number of esters is 1. The Morgan fingerprint density at radius 1 is 1.14 bits per heavy atom. The molecule has 9 nitrogen and oxygen atoms in total. The number of aldehydes is 1. The van der Waals surface area contributed by atoms with Crippen LogP contribution in [0.25, 0.3) is 11.0 Å². The summed E-state index contributed by atoms with van der Waals surface area (Å²) >= 11 is 0. The number of alkyl halides is 1. The standard InChI is InChI=1S/C25H34N2O5.C9H18FNO/c1-27-12-11-20(17-7-4-3-5-8-17)23(27)24(28)26-19-9-10-21-18(15-19)16-22(32-21)25(29)31-14-6-13-30-2;1-2-8(7-12)4-3-5-9(11)6-10/h9-10,15-17,20,23H,3-8,11-14H2,1-2H3,(H,26,28);7-9H,2-6,11H2,1H3. The van der Waals surface area contributed by atoms with Crippen LogP contribution in [0.3, 0.4) is 0 Å². The number of hydrogen-bond donors (Lipinski definition) is 2. The summed E-state index contributed by atoms with van der Waals surface area (Å²) in [5.74, 6) is 0.938. The number of benzene rings is 1. The summed E-state index contributed by atoms with van der Waals surface area (Å²) in [6, 6.07) is 6.69. The monoisotopic (exact) mass is 617 g/mol. The average Bonchev–Trinajstić information content (AvgIpc) is 3.65. The van der Waals surface area contributed by atoms with Crippen molar-refractivity contribution in [2.24, 2.45) is 23.5 Å². The van der Waals surface area contributed by atoms with E-state index in [1.54, 1.807) is 19.2 Å². The highest BCUT2D eigenvalue weighted by Gasteiger charge is 2.41. The van der Waals surface area contributed by atoms with Gasteiger partial charge in [-0.25, -0.2) is 9.18 Å². The first-order chi connectivity index (χ1) is 21.3. The van der Waals surface area contributed by atoms with E-state index >= 15 is 0 Å². The Labute approximate surface area is 261 Å². The SMILES string of the molecule is CCC(C=O)CCCC(N)CF.COCCCOC(=O)c1cc2cc(NC(=O)C3C(C4CCCCC4)CCN3C)ccc2o1. The lowest BCUT2D eigenvalue weighted by Crippen LogP contribution is -2.43. The molecule has 3 N–H and O–H groups in total. The van der Waals surface area contributed by atoms with E-state index in [9.17, 15) is 18.8 Å². The Bertz CT molecular complexity index is 1170. The van der Waals surface area contributed by atoms with Crippen molar-refractivity contribution in [2.45, 2.75) is 89.6 Å².